The Bertz CT molecular complexity index is 633. The van der Waals surface area contributed by atoms with Crippen molar-refractivity contribution in [3.8, 4) is 5.75 Å². The van der Waals surface area contributed by atoms with Crippen LogP contribution in [-0.4, -0.2) is 17.3 Å². The Morgan fingerprint density at radius 3 is 1.46 bits per heavy atom. The molecule has 1 rings (SSSR count). The molecule has 1 atom stereocenters. The van der Waals surface area contributed by atoms with E-state index in [0.29, 0.717) is 0 Å². The second-order valence-electron chi connectivity index (χ2n) is 9.40. The van der Waals surface area contributed by atoms with Crippen LogP contribution in [0, 0.1) is 27.7 Å². The van der Waals surface area contributed by atoms with Crippen LogP contribution in [0.5, 0.6) is 5.75 Å². The first-order chi connectivity index (χ1) is 10.5. The maximum atomic E-state index is 13.0. The zero-order valence-corrected chi connectivity index (χ0v) is 19.5. The van der Waals surface area contributed by atoms with Gasteiger partial charge in [-0.3, -0.25) is 4.21 Å². The SMILES string of the molecule is Cc1c(C)c(S(=O)C(C)(C)C)c(C)c(C)c1O[Si](C)(C)C(C)(C)C. The van der Waals surface area contributed by atoms with E-state index in [4.69, 9.17) is 4.43 Å². The maximum Gasteiger partial charge on any atom is 0.250 e. The third kappa shape index (κ3) is 3.96. The second-order valence-corrected chi connectivity index (χ2v) is 16.3. The molecule has 0 amide bonds. The Morgan fingerprint density at radius 2 is 1.17 bits per heavy atom. The second kappa shape index (κ2) is 6.60. The molecule has 0 aliphatic heterocycles. The lowest BCUT2D eigenvalue weighted by Gasteiger charge is -2.38. The Hall–Kier alpha value is -0.613. The van der Waals surface area contributed by atoms with Crippen molar-refractivity contribution in [2.45, 2.75) is 97.0 Å². The minimum Gasteiger partial charge on any atom is -0.543 e. The van der Waals surface area contributed by atoms with Crippen molar-refractivity contribution in [2.75, 3.05) is 0 Å². The summed E-state index contributed by atoms with van der Waals surface area (Å²) in [7, 11) is -2.95. The lowest BCUT2D eigenvalue weighted by atomic mass is 10.00. The molecule has 0 saturated heterocycles. The van der Waals surface area contributed by atoms with Crippen molar-refractivity contribution in [1.82, 2.24) is 0 Å². The van der Waals surface area contributed by atoms with Crippen LogP contribution in [0.1, 0.15) is 63.8 Å². The Kier molecular flexibility index (Phi) is 5.89. The average molecular weight is 369 g/mol. The Balaban J connectivity index is 3.58. The first-order valence-corrected chi connectivity index (χ1v) is 12.8. The largest absolute Gasteiger partial charge is 0.543 e. The molecule has 0 aliphatic rings. The Morgan fingerprint density at radius 1 is 0.792 bits per heavy atom. The van der Waals surface area contributed by atoms with E-state index in [9.17, 15) is 4.21 Å². The van der Waals surface area contributed by atoms with Gasteiger partial charge in [-0.1, -0.05) is 20.8 Å². The smallest absolute Gasteiger partial charge is 0.250 e. The van der Waals surface area contributed by atoms with Gasteiger partial charge in [0, 0.05) is 9.64 Å². The van der Waals surface area contributed by atoms with Gasteiger partial charge in [-0.15, -0.1) is 0 Å². The van der Waals surface area contributed by atoms with E-state index >= 15 is 0 Å². The van der Waals surface area contributed by atoms with Crippen LogP contribution in [0.4, 0.5) is 0 Å². The molecule has 0 fully saturated rings. The van der Waals surface area contributed by atoms with Gasteiger partial charge in [-0.25, -0.2) is 0 Å². The number of benzene rings is 1. The van der Waals surface area contributed by atoms with Gasteiger partial charge in [0.2, 0.25) is 0 Å². The summed E-state index contributed by atoms with van der Waals surface area (Å²) < 4.78 is 19.4. The minimum absolute atomic E-state index is 0.153. The number of rotatable bonds is 3. The highest BCUT2D eigenvalue weighted by Gasteiger charge is 2.40. The highest BCUT2D eigenvalue weighted by atomic mass is 32.2. The summed E-state index contributed by atoms with van der Waals surface area (Å²) in [5.41, 5.74) is 4.49. The molecule has 0 N–H and O–H groups in total. The van der Waals surface area contributed by atoms with Crippen LogP contribution in [0.25, 0.3) is 0 Å². The molecule has 1 aromatic carbocycles. The van der Waals surface area contributed by atoms with Crippen molar-refractivity contribution in [2.24, 2.45) is 0 Å². The van der Waals surface area contributed by atoms with Crippen LogP contribution in [-0.2, 0) is 10.8 Å². The molecule has 0 radical (unpaired) electrons. The van der Waals surface area contributed by atoms with Gasteiger partial charge in [-0.2, -0.15) is 0 Å². The topological polar surface area (TPSA) is 26.3 Å². The summed E-state index contributed by atoms with van der Waals surface area (Å²) >= 11 is 0. The summed E-state index contributed by atoms with van der Waals surface area (Å²) in [5.74, 6) is 1.01. The molecule has 0 bridgehead atoms. The summed E-state index contributed by atoms with van der Waals surface area (Å²) in [6, 6.07) is 0. The highest BCUT2D eigenvalue weighted by Crippen LogP contribution is 2.42. The molecule has 1 unspecified atom stereocenters. The fourth-order valence-electron chi connectivity index (χ4n) is 2.39. The predicted molar refractivity (Wildman–Crippen MR) is 109 cm³/mol. The van der Waals surface area contributed by atoms with Crippen LogP contribution < -0.4 is 4.43 Å². The summed E-state index contributed by atoms with van der Waals surface area (Å²) in [4.78, 5) is 0.986. The molecule has 138 valence electrons. The fraction of sp³-hybridized carbons (Fsp3) is 0.700. The molecule has 4 heteroatoms. The normalized spacial score (nSPS) is 14.7. The molecule has 0 heterocycles. The fourth-order valence-corrected chi connectivity index (χ4v) is 4.99. The minimum atomic E-state index is -1.91. The summed E-state index contributed by atoms with van der Waals surface area (Å²) in [5, 5.41) is 0.153. The Labute approximate surface area is 153 Å². The van der Waals surface area contributed by atoms with E-state index in [1.165, 1.54) is 0 Å². The van der Waals surface area contributed by atoms with Crippen LogP contribution in [0.3, 0.4) is 0 Å². The molecule has 2 nitrogen and oxygen atoms in total. The molecular weight excluding hydrogens is 332 g/mol. The zero-order chi connectivity index (χ0) is 19.2. The monoisotopic (exact) mass is 368 g/mol. The van der Waals surface area contributed by atoms with Crippen molar-refractivity contribution >= 4 is 19.1 Å². The molecule has 0 spiro atoms. The maximum absolute atomic E-state index is 13.0. The summed E-state index contributed by atoms with van der Waals surface area (Å²) in [6.45, 7) is 25.8. The first kappa shape index (κ1) is 21.4. The summed E-state index contributed by atoms with van der Waals surface area (Å²) in [6.07, 6.45) is 0. The van der Waals surface area contributed by atoms with E-state index in [1.54, 1.807) is 0 Å². The van der Waals surface area contributed by atoms with Gasteiger partial charge in [0.1, 0.15) is 5.75 Å². The third-order valence-corrected chi connectivity index (χ3v) is 11.8. The van der Waals surface area contributed by atoms with Gasteiger partial charge in [0.05, 0.1) is 10.8 Å². The third-order valence-electron chi connectivity index (χ3n) is 5.39. The van der Waals surface area contributed by atoms with E-state index < -0.39 is 19.1 Å². The van der Waals surface area contributed by atoms with E-state index in [1.807, 2.05) is 20.8 Å². The quantitative estimate of drug-likeness (QED) is 0.593. The number of hydrogen-bond acceptors (Lipinski definition) is 2. The molecule has 0 aliphatic carbocycles. The van der Waals surface area contributed by atoms with E-state index in [0.717, 1.165) is 32.9 Å². The molecular formula is C20H36O2SSi. The van der Waals surface area contributed by atoms with Crippen molar-refractivity contribution in [3.05, 3.63) is 22.3 Å². The zero-order valence-electron chi connectivity index (χ0n) is 17.7. The van der Waals surface area contributed by atoms with Crippen molar-refractivity contribution < 1.29 is 8.63 Å². The number of hydrogen-bond donors (Lipinski definition) is 0. The van der Waals surface area contributed by atoms with E-state index in [2.05, 4.69) is 61.6 Å². The molecule has 24 heavy (non-hydrogen) atoms. The van der Waals surface area contributed by atoms with Gasteiger partial charge in [0.15, 0.2) is 0 Å². The lowest BCUT2D eigenvalue weighted by molar-refractivity contribution is 0.484. The standard InChI is InChI=1S/C20H36O2SSi/c1-13-15(3)18(23(21)19(5,6)7)16(4)14(2)17(13)22-24(11,12)20(8,9)10/h1-12H3. The van der Waals surface area contributed by atoms with Crippen LogP contribution in [0.2, 0.25) is 18.1 Å². The van der Waals surface area contributed by atoms with Crippen LogP contribution >= 0.6 is 0 Å². The average Bonchev–Trinajstić information content (AvgIpc) is 2.39. The van der Waals surface area contributed by atoms with Gasteiger partial charge in [-0.05, 0) is 88.9 Å². The van der Waals surface area contributed by atoms with Crippen LogP contribution in [0.15, 0.2) is 4.90 Å². The van der Waals surface area contributed by atoms with Gasteiger partial charge >= 0.3 is 0 Å². The first-order valence-electron chi connectivity index (χ1n) is 8.73. The molecule has 1 aromatic rings. The highest BCUT2D eigenvalue weighted by molar-refractivity contribution is 7.86. The lowest BCUT2D eigenvalue weighted by Crippen LogP contribution is -2.44. The molecule has 0 aromatic heterocycles. The van der Waals surface area contributed by atoms with E-state index in [-0.39, 0.29) is 9.79 Å². The van der Waals surface area contributed by atoms with Gasteiger partial charge in [0.25, 0.3) is 8.32 Å². The predicted octanol–water partition coefficient (Wildman–Crippen LogP) is 6.21. The molecule has 0 saturated carbocycles. The van der Waals surface area contributed by atoms with Crippen molar-refractivity contribution in [3.63, 3.8) is 0 Å². The van der Waals surface area contributed by atoms with Crippen molar-refractivity contribution in [1.29, 1.82) is 0 Å². The van der Waals surface area contributed by atoms with Gasteiger partial charge < -0.3 is 4.43 Å².